The van der Waals surface area contributed by atoms with Crippen LogP contribution in [0.4, 0.5) is 0 Å². The highest BCUT2D eigenvalue weighted by Crippen LogP contribution is 2.30. The Labute approximate surface area is 127 Å². The zero-order valence-electron chi connectivity index (χ0n) is 13.4. The monoisotopic (exact) mass is 287 g/mol. The summed E-state index contributed by atoms with van der Waals surface area (Å²) in [5.41, 5.74) is 5.76. The van der Waals surface area contributed by atoms with Gasteiger partial charge in [0.15, 0.2) is 0 Å². The molecule has 1 aromatic carbocycles. The second kappa shape index (κ2) is 5.42. The molecule has 21 heavy (non-hydrogen) atoms. The van der Waals surface area contributed by atoms with E-state index < -0.39 is 5.54 Å². The van der Waals surface area contributed by atoms with Gasteiger partial charge in [0.2, 0.25) is 0 Å². The van der Waals surface area contributed by atoms with E-state index >= 15 is 0 Å². The normalized spacial score (nSPS) is 24.0. The van der Waals surface area contributed by atoms with Crippen molar-refractivity contribution in [3.63, 3.8) is 0 Å². The van der Waals surface area contributed by atoms with Crippen molar-refractivity contribution in [3.8, 4) is 6.07 Å². The molecular weight excluding hydrogens is 262 g/mol. The molecule has 1 aliphatic heterocycles. The zero-order chi connectivity index (χ0) is 15.7. The molecule has 1 atom stereocenters. The van der Waals surface area contributed by atoms with Gasteiger partial charge in [-0.2, -0.15) is 5.26 Å². The minimum absolute atomic E-state index is 0.241. The summed E-state index contributed by atoms with van der Waals surface area (Å²) in [6, 6.07) is 11.9. The quantitative estimate of drug-likeness (QED) is 0.926. The first-order chi connectivity index (χ1) is 9.66. The number of hydrogen-bond acceptors (Lipinski definition) is 4. The Kier molecular flexibility index (Phi) is 4.12. The summed E-state index contributed by atoms with van der Waals surface area (Å²) >= 11 is 0. The van der Waals surface area contributed by atoms with E-state index in [4.69, 9.17) is 10.5 Å². The highest BCUT2D eigenvalue weighted by atomic mass is 16.5. The number of morpholine rings is 1. The van der Waals surface area contributed by atoms with Crippen LogP contribution in [0.15, 0.2) is 30.3 Å². The third kappa shape index (κ3) is 3.82. The predicted molar refractivity (Wildman–Crippen MR) is 83.6 cm³/mol. The van der Waals surface area contributed by atoms with E-state index in [1.54, 1.807) is 0 Å². The molecule has 4 heteroatoms. The lowest BCUT2D eigenvalue weighted by Gasteiger charge is -2.48. The molecule has 0 amide bonds. The summed E-state index contributed by atoms with van der Waals surface area (Å²) < 4.78 is 6.08. The SMILES string of the molecule is CC1(C)CN(CC(N)(C#N)c2ccccc2)CC(C)(C)O1. The van der Waals surface area contributed by atoms with E-state index in [2.05, 4.69) is 38.7 Å². The van der Waals surface area contributed by atoms with Gasteiger partial charge in [-0.3, -0.25) is 4.90 Å². The lowest BCUT2D eigenvalue weighted by Crippen LogP contribution is -2.60. The average molecular weight is 287 g/mol. The van der Waals surface area contributed by atoms with Crippen molar-refractivity contribution in [3.05, 3.63) is 35.9 Å². The molecule has 0 radical (unpaired) electrons. The van der Waals surface area contributed by atoms with Gasteiger partial charge < -0.3 is 10.5 Å². The largest absolute Gasteiger partial charge is 0.367 e. The van der Waals surface area contributed by atoms with Gasteiger partial charge in [-0.1, -0.05) is 30.3 Å². The molecule has 0 saturated carbocycles. The van der Waals surface area contributed by atoms with E-state index in [-0.39, 0.29) is 11.2 Å². The van der Waals surface area contributed by atoms with Crippen LogP contribution in [-0.2, 0) is 10.3 Å². The van der Waals surface area contributed by atoms with Gasteiger partial charge in [-0.25, -0.2) is 0 Å². The number of nitrogens with zero attached hydrogens (tertiary/aromatic N) is 2. The first-order valence-electron chi connectivity index (χ1n) is 7.34. The number of benzene rings is 1. The van der Waals surface area contributed by atoms with Crippen molar-refractivity contribution in [2.45, 2.75) is 44.4 Å². The van der Waals surface area contributed by atoms with Crippen LogP contribution >= 0.6 is 0 Å². The van der Waals surface area contributed by atoms with Crippen LogP contribution in [-0.4, -0.2) is 35.7 Å². The molecule has 0 aliphatic carbocycles. The van der Waals surface area contributed by atoms with Crippen molar-refractivity contribution in [2.24, 2.45) is 5.73 Å². The van der Waals surface area contributed by atoms with Gasteiger partial charge in [0.25, 0.3) is 0 Å². The van der Waals surface area contributed by atoms with Gasteiger partial charge in [0, 0.05) is 19.6 Å². The smallest absolute Gasteiger partial charge is 0.142 e. The molecular formula is C17H25N3O. The van der Waals surface area contributed by atoms with Crippen LogP contribution in [0.5, 0.6) is 0 Å². The zero-order valence-corrected chi connectivity index (χ0v) is 13.4. The van der Waals surface area contributed by atoms with Gasteiger partial charge in [0.1, 0.15) is 5.54 Å². The topological polar surface area (TPSA) is 62.3 Å². The molecule has 2 N–H and O–H groups in total. The van der Waals surface area contributed by atoms with E-state index in [0.29, 0.717) is 6.54 Å². The van der Waals surface area contributed by atoms with Crippen LogP contribution in [0, 0.1) is 11.3 Å². The van der Waals surface area contributed by atoms with Crippen LogP contribution in [0.2, 0.25) is 0 Å². The number of nitrogens with two attached hydrogens (primary N) is 1. The number of rotatable bonds is 3. The minimum atomic E-state index is -0.995. The Morgan fingerprint density at radius 3 is 2.19 bits per heavy atom. The molecule has 4 nitrogen and oxygen atoms in total. The number of nitriles is 1. The van der Waals surface area contributed by atoms with Gasteiger partial charge in [-0.15, -0.1) is 0 Å². The maximum absolute atomic E-state index is 9.60. The molecule has 0 aromatic heterocycles. The standard InChI is InChI=1S/C17H25N3O/c1-15(2)11-20(12-16(3,4)21-15)13-17(19,10-18)14-8-6-5-7-9-14/h5-9H,11-13,19H2,1-4H3. The first-order valence-corrected chi connectivity index (χ1v) is 7.34. The highest BCUT2D eigenvalue weighted by Gasteiger charge is 2.41. The molecule has 0 bridgehead atoms. The van der Waals surface area contributed by atoms with Crippen molar-refractivity contribution in [2.75, 3.05) is 19.6 Å². The van der Waals surface area contributed by atoms with E-state index in [9.17, 15) is 5.26 Å². The first kappa shape index (κ1) is 16.0. The van der Waals surface area contributed by atoms with Crippen molar-refractivity contribution in [1.29, 1.82) is 5.26 Å². The molecule has 1 aliphatic rings. The van der Waals surface area contributed by atoms with Crippen molar-refractivity contribution in [1.82, 2.24) is 4.90 Å². The number of hydrogen-bond donors (Lipinski definition) is 1. The minimum Gasteiger partial charge on any atom is -0.367 e. The molecule has 114 valence electrons. The van der Waals surface area contributed by atoms with E-state index in [1.807, 2.05) is 30.3 Å². The Morgan fingerprint density at radius 1 is 1.19 bits per heavy atom. The summed E-state index contributed by atoms with van der Waals surface area (Å²) in [4.78, 5) is 2.24. The maximum atomic E-state index is 9.60. The third-order valence-electron chi connectivity index (χ3n) is 3.72. The van der Waals surface area contributed by atoms with Crippen LogP contribution in [0.1, 0.15) is 33.3 Å². The Balaban J connectivity index is 2.21. The van der Waals surface area contributed by atoms with Crippen LogP contribution in [0.25, 0.3) is 0 Å². The fourth-order valence-electron chi connectivity index (χ4n) is 3.34. The summed E-state index contributed by atoms with van der Waals surface area (Å²) in [5.74, 6) is 0. The van der Waals surface area contributed by atoms with Crippen LogP contribution < -0.4 is 5.73 Å². The second-order valence-electron chi connectivity index (χ2n) is 7.22. The molecule has 1 heterocycles. The maximum Gasteiger partial charge on any atom is 0.142 e. The fourth-order valence-corrected chi connectivity index (χ4v) is 3.34. The van der Waals surface area contributed by atoms with E-state index in [0.717, 1.165) is 18.7 Å². The Hall–Kier alpha value is -1.41. The van der Waals surface area contributed by atoms with Gasteiger partial charge >= 0.3 is 0 Å². The molecule has 1 unspecified atom stereocenters. The fraction of sp³-hybridized carbons (Fsp3) is 0.588. The lowest BCUT2D eigenvalue weighted by atomic mass is 9.90. The lowest BCUT2D eigenvalue weighted by molar-refractivity contribution is -0.182. The summed E-state index contributed by atoms with van der Waals surface area (Å²) in [6.45, 7) is 10.3. The van der Waals surface area contributed by atoms with Gasteiger partial charge in [0.05, 0.1) is 17.3 Å². The molecule has 0 spiro atoms. The predicted octanol–water partition coefficient (Wildman–Crippen LogP) is 2.25. The Bertz CT molecular complexity index is 517. The molecule has 1 aromatic rings. The summed E-state index contributed by atoms with van der Waals surface area (Å²) in [5, 5.41) is 9.60. The summed E-state index contributed by atoms with van der Waals surface area (Å²) in [7, 11) is 0. The van der Waals surface area contributed by atoms with Crippen molar-refractivity contribution < 1.29 is 4.74 Å². The summed E-state index contributed by atoms with van der Waals surface area (Å²) in [6.07, 6.45) is 0. The van der Waals surface area contributed by atoms with Crippen LogP contribution in [0.3, 0.4) is 0 Å². The van der Waals surface area contributed by atoms with E-state index in [1.165, 1.54) is 0 Å². The van der Waals surface area contributed by atoms with Gasteiger partial charge in [-0.05, 0) is 33.3 Å². The Morgan fingerprint density at radius 2 is 1.71 bits per heavy atom. The second-order valence-corrected chi connectivity index (χ2v) is 7.22. The number of ether oxygens (including phenoxy) is 1. The molecule has 1 fully saturated rings. The average Bonchev–Trinajstić information content (AvgIpc) is 2.35. The van der Waals surface area contributed by atoms with Crippen molar-refractivity contribution >= 4 is 0 Å². The third-order valence-corrected chi connectivity index (χ3v) is 3.72. The molecule has 1 saturated heterocycles. The molecule has 2 rings (SSSR count). The highest BCUT2D eigenvalue weighted by molar-refractivity contribution is 5.31.